The third-order valence-electron chi connectivity index (χ3n) is 5.27. The number of anilines is 1. The molecule has 0 bridgehead atoms. The average Bonchev–Trinajstić information content (AvgIpc) is 3.11. The maximum absolute atomic E-state index is 12.7. The van der Waals surface area contributed by atoms with Crippen LogP contribution < -0.4 is 19.9 Å². The highest BCUT2D eigenvalue weighted by molar-refractivity contribution is 7.88. The average molecular weight is 462 g/mol. The van der Waals surface area contributed by atoms with Crippen molar-refractivity contribution in [3.05, 3.63) is 53.6 Å². The van der Waals surface area contributed by atoms with Gasteiger partial charge < -0.3 is 19.7 Å². The van der Waals surface area contributed by atoms with Crippen LogP contribution in [0, 0.1) is 5.92 Å². The van der Waals surface area contributed by atoms with Crippen molar-refractivity contribution < 1.29 is 27.5 Å². The topological polar surface area (TPSA) is 128 Å². The van der Waals surface area contributed by atoms with E-state index in [-0.39, 0.29) is 24.0 Å². The molecule has 1 aliphatic heterocycles. The van der Waals surface area contributed by atoms with Gasteiger partial charge in [-0.2, -0.15) is 0 Å². The lowest BCUT2D eigenvalue weighted by Crippen LogP contribution is -2.30. The summed E-state index contributed by atoms with van der Waals surface area (Å²) in [5, 5.41) is 7.85. The first kappa shape index (κ1) is 23.6. The van der Waals surface area contributed by atoms with Crippen molar-refractivity contribution in [1.82, 2.24) is 4.90 Å². The monoisotopic (exact) mass is 461 g/mol. The second-order valence-electron chi connectivity index (χ2n) is 7.68. The lowest BCUT2D eigenvalue weighted by Gasteiger charge is -2.17. The number of nitrogens with two attached hydrogens (primary N) is 1. The fourth-order valence-electron chi connectivity index (χ4n) is 3.68. The van der Waals surface area contributed by atoms with Crippen LogP contribution in [0.25, 0.3) is 0 Å². The van der Waals surface area contributed by atoms with Crippen LogP contribution in [0.5, 0.6) is 11.5 Å². The summed E-state index contributed by atoms with van der Waals surface area (Å²) < 4.78 is 33.1. The molecule has 3 N–H and O–H groups in total. The Morgan fingerprint density at radius 3 is 2.56 bits per heavy atom. The molecule has 0 radical (unpaired) electrons. The number of nitrogens with zero attached hydrogens (tertiary/aromatic N) is 1. The minimum atomic E-state index is -3.67. The summed E-state index contributed by atoms with van der Waals surface area (Å²) in [6.45, 7) is 0.816. The number of rotatable bonds is 9. The Hall–Kier alpha value is -3.11. The van der Waals surface area contributed by atoms with Crippen molar-refractivity contribution in [2.45, 2.75) is 18.6 Å². The molecule has 2 aromatic carbocycles. The van der Waals surface area contributed by atoms with Crippen molar-refractivity contribution in [3.63, 3.8) is 0 Å². The Morgan fingerprint density at radius 2 is 1.88 bits per heavy atom. The summed E-state index contributed by atoms with van der Waals surface area (Å²) >= 11 is 0. The number of hydrogen-bond donors (Lipinski definition) is 2. The van der Waals surface area contributed by atoms with Gasteiger partial charge in [-0.05, 0) is 41.8 Å². The number of amides is 2. The Balaban J connectivity index is 1.57. The number of likely N-dealkylation sites (tertiary alicyclic amines) is 1. The van der Waals surface area contributed by atoms with Gasteiger partial charge in [0.1, 0.15) is 0 Å². The third-order valence-corrected chi connectivity index (χ3v) is 6.00. The third kappa shape index (κ3) is 6.21. The summed E-state index contributed by atoms with van der Waals surface area (Å²) in [7, 11) is -0.529. The summed E-state index contributed by atoms with van der Waals surface area (Å²) in [6, 6.07) is 12.1. The number of benzene rings is 2. The van der Waals surface area contributed by atoms with Gasteiger partial charge >= 0.3 is 0 Å². The molecular weight excluding hydrogens is 434 g/mol. The lowest BCUT2D eigenvalue weighted by molar-refractivity contribution is -0.128. The number of carbonyl (C=O) groups is 2. The molecule has 0 aromatic heterocycles. The Bertz CT molecular complexity index is 1100. The van der Waals surface area contributed by atoms with Gasteiger partial charge in [0.15, 0.2) is 11.5 Å². The molecule has 0 saturated carbocycles. The zero-order chi connectivity index (χ0) is 23.3. The molecule has 9 nitrogen and oxygen atoms in total. The largest absolute Gasteiger partial charge is 0.493 e. The van der Waals surface area contributed by atoms with Crippen LogP contribution >= 0.6 is 0 Å². The van der Waals surface area contributed by atoms with E-state index in [4.69, 9.17) is 14.6 Å². The molecule has 172 valence electrons. The molecule has 32 heavy (non-hydrogen) atoms. The highest BCUT2D eigenvalue weighted by Crippen LogP contribution is 2.28. The van der Waals surface area contributed by atoms with Gasteiger partial charge in [0.05, 0.1) is 25.9 Å². The smallest absolute Gasteiger partial charge is 0.229 e. The van der Waals surface area contributed by atoms with E-state index >= 15 is 0 Å². The lowest BCUT2D eigenvalue weighted by atomic mass is 10.1. The predicted octanol–water partition coefficient (Wildman–Crippen LogP) is 1.52. The second kappa shape index (κ2) is 10.0. The summed E-state index contributed by atoms with van der Waals surface area (Å²) in [5.74, 6) is 0.115. The van der Waals surface area contributed by atoms with Gasteiger partial charge in [-0.3, -0.25) is 9.59 Å². The molecule has 1 saturated heterocycles. The zero-order valence-corrected chi connectivity index (χ0v) is 18.9. The van der Waals surface area contributed by atoms with Crippen LogP contribution in [-0.2, 0) is 31.8 Å². The van der Waals surface area contributed by atoms with Gasteiger partial charge in [0, 0.05) is 25.2 Å². The van der Waals surface area contributed by atoms with E-state index in [2.05, 4.69) is 5.32 Å². The molecule has 0 aliphatic carbocycles. The van der Waals surface area contributed by atoms with Crippen molar-refractivity contribution in [3.8, 4) is 11.5 Å². The highest BCUT2D eigenvalue weighted by atomic mass is 32.2. The number of carbonyl (C=O) groups excluding carboxylic acids is 2. The van der Waals surface area contributed by atoms with Gasteiger partial charge in [-0.15, -0.1) is 0 Å². The van der Waals surface area contributed by atoms with Crippen LogP contribution in [0.3, 0.4) is 0 Å². The molecule has 2 amide bonds. The van der Waals surface area contributed by atoms with E-state index in [0.717, 1.165) is 5.56 Å². The van der Waals surface area contributed by atoms with Gasteiger partial charge in [0.25, 0.3) is 0 Å². The van der Waals surface area contributed by atoms with E-state index in [1.165, 1.54) is 0 Å². The molecule has 1 heterocycles. The van der Waals surface area contributed by atoms with Gasteiger partial charge in [-0.1, -0.05) is 18.2 Å². The zero-order valence-electron chi connectivity index (χ0n) is 18.0. The van der Waals surface area contributed by atoms with Crippen LogP contribution in [-0.4, -0.2) is 52.4 Å². The van der Waals surface area contributed by atoms with Crippen molar-refractivity contribution in [2.24, 2.45) is 11.1 Å². The normalized spacial score (nSPS) is 16.2. The molecule has 1 unspecified atom stereocenters. The second-order valence-corrected chi connectivity index (χ2v) is 9.29. The number of hydrogen-bond acceptors (Lipinski definition) is 6. The molecule has 2 aromatic rings. The predicted molar refractivity (Wildman–Crippen MR) is 120 cm³/mol. The Morgan fingerprint density at radius 1 is 1.12 bits per heavy atom. The fraction of sp³-hybridized carbons (Fsp3) is 0.364. The van der Waals surface area contributed by atoms with Crippen LogP contribution in [0.2, 0.25) is 0 Å². The first-order valence-electron chi connectivity index (χ1n) is 10.1. The molecule has 1 atom stereocenters. The number of sulfonamides is 1. The van der Waals surface area contributed by atoms with Crippen LogP contribution in [0.15, 0.2) is 42.5 Å². The van der Waals surface area contributed by atoms with E-state index in [1.54, 1.807) is 43.4 Å². The molecule has 1 aliphatic rings. The Labute approximate surface area is 187 Å². The molecule has 3 rings (SSSR count). The summed E-state index contributed by atoms with van der Waals surface area (Å²) in [4.78, 5) is 26.8. The number of ether oxygens (including phenoxy) is 2. The first-order valence-corrected chi connectivity index (χ1v) is 11.8. The number of methoxy groups -OCH3 is 2. The molecular formula is C22H27N3O6S. The van der Waals surface area contributed by atoms with Crippen LogP contribution in [0.1, 0.15) is 17.5 Å². The van der Waals surface area contributed by atoms with Crippen LogP contribution in [0.4, 0.5) is 5.69 Å². The van der Waals surface area contributed by atoms with Gasteiger partial charge in [0.2, 0.25) is 21.8 Å². The van der Waals surface area contributed by atoms with Crippen molar-refractivity contribution in [1.29, 1.82) is 0 Å². The first-order chi connectivity index (χ1) is 15.2. The van der Waals surface area contributed by atoms with Crippen molar-refractivity contribution in [2.75, 3.05) is 32.6 Å². The number of primary sulfonamides is 1. The van der Waals surface area contributed by atoms with E-state index in [1.807, 2.05) is 18.2 Å². The fourth-order valence-corrected chi connectivity index (χ4v) is 4.32. The van der Waals surface area contributed by atoms with Crippen molar-refractivity contribution >= 4 is 27.5 Å². The summed E-state index contributed by atoms with van der Waals surface area (Å²) in [6.07, 6.45) is 0.755. The minimum absolute atomic E-state index is 0.0754. The van der Waals surface area contributed by atoms with E-state index in [0.29, 0.717) is 42.3 Å². The maximum Gasteiger partial charge on any atom is 0.229 e. The quantitative estimate of drug-likeness (QED) is 0.583. The Kier molecular flexibility index (Phi) is 7.37. The number of nitrogens with one attached hydrogen (secondary N) is 1. The molecule has 0 spiro atoms. The maximum atomic E-state index is 12.7. The van der Waals surface area contributed by atoms with E-state index in [9.17, 15) is 18.0 Å². The molecule has 1 fully saturated rings. The highest BCUT2D eigenvalue weighted by Gasteiger charge is 2.34. The standard InChI is InChI=1S/C22H27N3O6S/c1-30-19-7-6-15(11-20(19)31-2)8-9-25-13-17(12-21(25)26)22(27)24-18-5-3-4-16(10-18)14-32(23,28)29/h3-7,10-11,17H,8-9,12-14H2,1-2H3,(H,24,27)(H2,23,28,29). The molecule has 10 heteroatoms. The van der Waals surface area contributed by atoms with E-state index < -0.39 is 15.9 Å². The SMILES string of the molecule is COc1ccc(CCN2CC(C(=O)Nc3cccc(CS(N)(=O)=O)c3)CC2=O)cc1OC. The van der Waals surface area contributed by atoms with Gasteiger partial charge in [-0.25, -0.2) is 13.6 Å². The minimum Gasteiger partial charge on any atom is -0.493 e. The summed E-state index contributed by atoms with van der Waals surface area (Å²) in [5.41, 5.74) is 1.94.